The number of nitrogens with two attached hydrogens (primary N) is 1. The Morgan fingerprint density at radius 1 is 1.25 bits per heavy atom. The van der Waals surface area contributed by atoms with Gasteiger partial charge in [0.05, 0.1) is 18.0 Å². The van der Waals surface area contributed by atoms with Crippen LogP contribution in [0, 0.1) is 11.6 Å². The molecule has 0 saturated carbocycles. The van der Waals surface area contributed by atoms with Crippen LogP contribution >= 0.6 is 0 Å². The van der Waals surface area contributed by atoms with Crippen LogP contribution in [0.4, 0.5) is 8.78 Å². The van der Waals surface area contributed by atoms with E-state index in [0.717, 1.165) is 33.7 Å². The number of rotatable bonds is 3. The van der Waals surface area contributed by atoms with Gasteiger partial charge in [-0.2, -0.15) is 9.19 Å². The Hall–Kier alpha value is -1.88. The molecule has 10 heteroatoms. The highest BCUT2D eigenvalue weighted by Gasteiger charge is 2.39. The molecule has 152 valence electrons. The van der Waals surface area contributed by atoms with E-state index < -0.39 is 27.7 Å². The summed E-state index contributed by atoms with van der Waals surface area (Å²) in [6, 6.07) is 2.82. The van der Waals surface area contributed by atoms with Crippen molar-refractivity contribution in [2.24, 2.45) is 5.73 Å². The first-order valence-electron chi connectivity index (χ1n) is 9.06. The molecule has 1 fully saturated rings. The summed E-state index contributed by atoms with van der Waals surface area (Å²) in [5, 5.41) is 4.18. The second-order valence-corrected chi connectivity index (χ2v) is 9.59. The Labute approximate surface area is 162 Å². The number of fused-ring (bicyclic) bond motifs is 1. The van der Waals surface area contributed by atoms with Gasteiger partial charge in [0.15, 0.2) is 0 Å². The van der Waals surface area contributed by atoms with Crippen LogP contribution in [0.5, 0.6) is 0 Å². The Morgan fingerprint density at radius 3 is 2.64 bits per heavy atom. The minimum absolute atomic E-state index is 0.119. The number of likely N-dealkylation sites (N-methyl/N-ethyl adjacent to an activating group) is 1. The number of hydrogen-bond acceptors (Lipinski definition) is 6. The van der Waals surface area contributed by atoms with Crippen LogP contribution in [0.1, 0.15) is 29.3 Å². The zero-order valence-corrected chi connectivity index (χ0v) is 16.5. The molecule has 2 aromatic rings. The van der Waals surface area contributed by atoms with Gasteiger partial charge in [-0.3, -0.25) is 9.80 Å². The van der Waals surface area contributed by atoms with E-state index in [0.29, 0.717) is 26.1 Å². The topological polar surface area (TPSA) is 84.5 Å². The SMILES string of the molecule is CN1CC(N2Cc3cn(S(C)(=O)=O)nc3C2)CC(N)[C@H]1c1cc(F)ccc1F. The van der Waals surface area contributed by atoms with Gasteiger partial charge in [-0.15, -0.1) is 0 Å². The molecule has 2 aliphatic rings. The van der Waals surface area contributed by atoms with Crippen LogP contribution in [0.25, 0.3) is 0 Å². The first-order chi connectivity index (χ1) is 13.1. The molecule has 28 heavy (non-hydrogen) atoms. The average molecular weight is 411 g/mol. The van der Waals surface area contributed by atoms with Crippen LogP contribution in [0.3, 0.4) is 0 Å². The van der Waals surface area contributed by atoms with Crippen molar-refractivity contribution in [3.63, 3.8) is 0 Å². The van der Waals surface area contributed by atoms with Crippen molar-refractivity contribution < 1.29 is 17.2 Å². The molecule has 3 heterocycles. The van der Waals surface area contributed by atoms with E-state index >= 15 is 0 Å². The predicted octanol–water partition coefficient (Wildman–Crippen LogP) is 1.06. The molecule has 2 N–H and O–H groups in total. The summed E-state index contributed by atoms with van der Waals surface area (Å²) in [6.45, 7) is 1.78. The summed E-state index contributed by atoms with van der Waals surface area (Å²) in [6.07, 6.45) is 3.30. The minimum Gasteiger partial charge on any atom is -0.326 e. The first-order valence-corrected chi connectivity index (χ1v) is 10.9. The van der Waals surface area contributed by atoms with Gasteiger partial charge in [0.2, 0.25) is 0 Å². The summed E-state index contributed by atoms with van der Waals surface area (Å²) in [5.41, 5.74) is 8.30. The average Bonchev–Trinajstić information content (AvgIpc) is 3.16. The molecule has 1 aromatic carbocycles. The van der Waals surface area contributed by atoms with Crippen LogP contribution in [-0.4, -0.2) is 59.3 Å². The Kier molecular flexibility index (Phi) is 4.77. The molecule has 3 atom stereocenters. The summed E-state index contributed by atoms with van der Waals surface area (Å²) >= 11 is 0. The molecule has 1 saturated heterocycles. The molecular weight excluding hydrogens is 388 g/mol. The number of hydrogen-bond donors (Lipinski definition) is 1. The Balaban J connectivity index is 1.49. The summed E-state index contributed by atoms with van der Waals surface area (Å²) in [7, 11) is -1.53. The van der Waals surface area contributed by atoms with E-state index in [1.807, 2.05) is 11.9 Å². The number of nitrogens with zero attached hydrogens (tertiary/aromatic N) is 4. The second kappa shape index (κ2) is 6.87. The lowest BCUT2D eigenvalue weighted by atomic mass is 9.88. The van der Waals surface area contributed by atoms with Gasteiger partial charge < -0.3 is 5.73 Å². The Bertz CT molecular complexity index is 974. The van der Waals surface area contributed by atoms with E-state index in [1.165, 1.54) is 6.07 Å². The molecule has 4 rings (SSSR count). The lowest BCUT2D eigenvalue weighted by Gasteiger charge is -2.44. The normalized spacial score (nSPS) is 26.5. The van der Waals surface area contributed by atoms with Gasteiger partial charge in [-0.05, 0) is 31.7 Å². The number of benzene rings is 1. The first kappa shape index (κ1) is 19.4. The van der Waals surface area contributed by atoms with Crippen molar-refractivity contribution in [2.75, 3.05) is 19.8 Å². The second-order valence-electron chi connectivity index (χ2n) is 7.75. The third-order valence-corrected chi connectivity index (χ3v) is 6.51. The molecule has 0 aliphatic carbocycles. The van der Waals surface area contributed by atoms with E-state index in [4.69, 9.17) is 5.73 Å². The Morgan fingerprint density at radius 2 is 2.00 bits per heavy atom. The molecule has 0 radical (unpaired) electrons. The van der Waals surface area contributed by atoms with Crippen LogP contribution in [0.15, 0.2) is 24.4 Å². The van der Waals surface area contributed by atoms with Gasteiger partial charge in [0.1, 0.15) is 11.6 Å². The highest BCUT2D eigenvalue weighted by Crippen LogP contribution is 2.35. The van der Waals surface area contributed by atoms with Crippen molar-refractivity contribution in [1.82, 2.24) is 19.0 Å². The molecule has 2 aliphatic heterocycles. The molecule has 2 unspecified atom stereocenters. The maximum absolute atomic E-state index is 14.3. The van der Waals surface area contributed by atoms with Crippen LogP contribution < -0.4 is 5.73 Å². The summed E-state index contributed by atoms with van der Waals surface area (Å²) < 4.78 is 52.2. The zero-order chi connectivity index (χ0) is 20.2. The predicted molar refractivity (Wildman–Crippen MR) is 99.8 cm³/mol. The van der Waals surface area contributed by atoms with Gasteiger partial charge in [-0.25, -0.2) is 17.2 Å². The van der Waals surface area contributed by atoms with E-state index in [9.17, 15) is 17.2 Å². The molecule has 0 amide bonds. The summed E-state index contributed by atoms with van der Waals surface area (Å²) in [4.78, 5) is 4.17. The van der Waals surface area contributed by atoms with Crippen molar-refractivity contribution in [1.29, 1.82) is 0 Å². The van der Waals surface area contributed by atoms with E-state index in [1.54, 1.807) is 6.20 Å². The number of piperidine rings is 1. The molecular formula is C18H23F2N5O2S. The minimum atomic E-state index is -3.39. The fourth-order valence-corrected chi connectivity index (χ4v) is 4.91. The van der Waals surface area contributed by atoms with Gasteiger partial charge in [0, 0.05) is 49.0 Å². The molecule has 0 bridgehead atoms. The van der Waals surface area contributed by atoms with E-state index in [2.05, 4.69) is 10.00 Å². The maximum atomic E-state index is 14.3. The highest BCUT2D eigenvalue weighted by atomic mass is 32.2. The molecule has 7 nitrogen and oxygen atoms in total. The van der Waals surface area contributed by atoms with Gasteiger partial charge in [-0.1, -0.05) is 0 Å². The standard InChI is InChI=1S/C18H23F2N5O2S/c1-23-9-13(6-16(21)18(23)14-5-12(19)3-4-15(14)20)24-7-11-8-25(28(2,26)27)22-17(11)10-24/h3-5,8,13,16,18H,6-7,9-10,21H2,1-2H3/t13?,16?,18-/m1/s1. The lowest BCUT2D eigenvalue weighted by Crippen LogP contribution is -2.54. The van der Waals surface area contributed by atoms with E-state index in [-0.39, 0.29) is 17.6 Å². The number of likely N-dealkylation sites (tertiary alicyclic amines) is 1. The smallest absolute Gasteiger partial charge is 0.250 e. The molecule has 1 aromatic heterocycles. The van der Waals surface area contributed by atoms with Crippen molar-refractivity contribution in [2.45, 2.75) is 37.6 Å². The fraction of sp³-hybridized carbons (Fsp3) is 0.500. The fourth-order valence-electron chi connectivity index (χ4n) is 4.34. The van der Waals surface area contributed by atoms with Gasteiger partial charge in [0.25, 0.3) is 10.0 Å². The van der Waals surface area contributed by atoms with Crippen molar-refractivity contribution in [3.05, 3.63) is 52.9 Å². The van der Waals surface area contributed by atoms with Crippen LogP contribution in [0.2, 0.25) is 0 Å². The summed E-state index contributed by atoms with van der Waals surface area (Å²) in [5.74, 6) is -0.935. The largest absolute Gasteiger partial charge is 0.326 e. The maximum Gasteiger partial charge on any atom is 0.250 e. The zero-order valence-electron chi connectivity index (χ0n) is 15.7. The molecule has 0 spiro atoms. The number of halogens is 2. The number of aromatic nitrogens is 2. The third-order valence-electron chi connectivity index (χ3n) is 5.64. The highest BCUT2D eigenvalue weighted by molar-refractivity contribution is 7.89. The monoisotopic (exact) mass is 411 g/mol. The quantitative estimate of drug-likeness (QED) is 0.813. The van der Waals surface area contributed by atoms with Gasteiger partial charge >= 0.3 is 0 Å². The van der Waals surface area contributed by atoms with Crippen LogP contribution in [-0.2, 0) is 23.1 Å². The van der Waals surface area contributed by atoms with Crippen molar-refractivity contribution >= 4 is 10.0 Å². The van der Waals surface area contributed by atoms with Crippen molar-refractivity contribution in [3.8, 4) is 0 Å². The lowest BCUT2D eigenvalue weighted by molar-refractivity contribution is 0.0585. The third kappa shape index (κ3) is 3.45.